The van der Waals surface area contributed by atoms with Gasteiger partial charge in [0.05, 0.1) is 25.9 Å². The molecule has 0 bridgehead atoms. The van der Waals surface area contributed by atoms with Gasteiger partial charge < -0.3 is 20.3 Å². The maximum absolute atomic E-state index is 12.3. The van der Waals surface area contributed by atoms with Gasteiger partial charge in [0.2, 0.25) is 11.8 Å². The lowest BCUT2D eigenvalue weighted by atomic mass is 9.97. The number of nitrogens with zero attached hydrogens (tertiary/aromatic N) is 1. The number of rotatable bonds is 7. The third-order valence-electron chi connectivity index (χ3n) is 4.89. The second-order valence-corrected chi connectivity index (χ2v) is 7.50. The molecule has 0 aliphatic heterocycles. The summed E-state index contributed by atoms with van der Waals surface area (Å²) < 4.78 is 5.21. The van der Waals surface area contributed by atoms with Crippen LogP contribution in [-0.2, 0) is 9.59 Å². The van der Waals surface area contributed by atoms with Crippen molar-refractivity contribution in [3.05, 3.63) is 23.2 Å². The second kappa shape index (κ2) is 11.1. The molecule has 1 saturated carbocycles. The van der Waals surface area contributed by atoms with Crippen molar-refractivity contribution in [2.45, 2.75) is 51.0 Å². The molecule has 6 nitrogen and oxygen atoms in total. The Kier molecular flexibility index (Phi) is 8.88. The fourth-order valence-corrected chi connectivity index (χ4v) is 3.47. The van der Waals surface area contributed by atoms with Crippen LogP contribution < -0.4 is 15.4 Å². The molecule has 0 aromatic heterocycles. The molecule has 1 aromatic rings. The van der Waals surface area contributed by atoms with Crippen LogP contribution in [0.2, 0.25) is 5.02 Å². The predicted molar refractivity (Wildman–Crippen MR) is 108 cm³/mol. The Morgan fingerprint density at radius 3 is 2.52 bits per heavy atom. The Morgan fingerprint density at radius 2 is 1.85 bits per heavy atom. The van der Waals surface area contributed by atoms with Gasteiger partial charge in [0.1, 0.15) is 5.75 Å². The molecule has 0 spiro atoms. The van der Waals surface area contributed by atoms with Gasteiger partial charge in [-0.05, 0) is 31.0 Å². The van der Waals surface area contributed by atoms with Crippen molar-refractivity contribution in [3.8, 4) is 5.75 Å². The first-order valence-corrected chi connectivity index (χ1v) is 9.98. The molecule has 1 fully saturated rings. The van der Waals surface area contributed by atoms with Crippen LogP contribution in [0.25, 0.3) is 0 Å². The quantitative estimate of drug-likeness (QED) is 0.741. The minimum atomic E-state index is -0.294. The number of hydrogen-bond acceptors (Lipinski definition) is 4. The van der Waals surface area contributed by atoms with Crippen LogP contribution in [0.4, 0.5) is 5.69 Å². The molecule has 0 saturated heterocycles. The van der Waals surface area contributed by atoms with E-state index in [4.69, 9.17) is 16.3 Å². The molecule has 2 rings (SSSR count). The highest BCUT2D eigenvalue weighted by Crippen LogP contribution is 2.27. The number of benzene rings is 1. The van der Waals surface area contributed by atoms with Gasteiger partial charge in [-0.1, -0.05) is 43.7 Å². The standard InChI is InChI=1S/C20H30ClN3O3/c1-24(20(26)13-22-16-8-6-4-3-5-7-9-16)14-19(25)23-17-12-15(21)10-11-18(17)27-2/h10-12,16,22H,3-9,13-14H2,1-2H3,(H,23,25). The SMILES string of the molecule is COc1ccc(Cl)cc1NC(=O)CN(C)C(=O)CNC1CCCCCCC1. The third-order valence-corrected chi connectivity index (χ3v) is 5.12. The number of likely N-dealkylation sites (N-methyl/N-ethyl adjacent to an activating group) is 1. The first-order valence-electron chi connectivity index (χ1n) is 9.60. The van der Waals surface area contributed by atoms with Crippen LogP contribution in [-0.4, -0.2) is 50.0 Å². The van der Waals surface area contributed by atoms with E-state index >= 15 is 0 Å². The van der Waals surface area contributed by atoms with Crippen molar-refractivity contribution in [2.24, 2.45) is 0 Å². The third kappa shape index (κ3) is 7.39. The molecule has 0 unspecified atom stereocenters. The van der Waals surface area contributed by atoms with Crippen molar-refractivity contribution in [1.29, 1.82) is 0 Å². The first-order chi connectivity index (χ1) is 13.0. The molecule has 0 atom stereocenters. The number of ether oxygens (including phenoxy) is 1. The zero-order chi connectivity index (χ0) is 19.6. The largest absolute Gasteiger partial charge is 0.495 e. The smallest absolute Gasteiger partial charge is 0.244 e. The van der Waals surface area contributed by atoms with E-state index in [0.717, 1.165) is 12.8 Å². The summed E-state index contributed by atoms with van der Waals surface area (Å²) in [7, 11) is 3.16. The molecule has 2 N–H and O–H groups in total. The van der Waals surface area contributed by atoms with Crippen molar-refractivity contribution in [3.63, 3.8) is 0 Å². The molecule has 7 heteroatoms. The predicted octanol–water partition coefficient (Wildman–Crippen LogP) is 3.45. The minimum absolute atomic E-state index is 0.0269. The maximum atomic E-state index is 12.3. The average Bonchev–Trinajstić information content (AvgIpc) is 2.60. The molecule has 27 heavy (non-hydrogen) atoms. The van der Waals surface area contributed by atoms with E-state index in [1.165, 1.54) is 44.1 Å². The number of carbonyl (C=O) groups excluding carboxylic acids is 2. The van der Waals surface area contributed by atoms with Crippen LogP contribution in [0.15, 0.2) is 18.2 Å². The summed E-state index contributed by atoms with van der Waals surface area (Å²) in [5.41, 5.74) is 0.489. The lowest BCUT2D eigenvalue weighted by molar-refractivity contribution is -0.132. The van der Waals surface area contributed by atoms with E-state index in [9.17, 15) is 9.59 Å². The summed E-state index contributed by atoms with van der Waals surface area (Å²) in [6, 6.07) is 5.39. The van der Waals surface area contributed by atoms with Crippen LogP contribution in [0.5, 0.6) is 5.75 Å². The van der Waals surface area contributed by atoms with Crippen LogP contribution in [0, 0.1) is 0 Å². The van der Waals surface area contributed by atoms with Gasteiger partial charge >= 0.3 is 0 Å². The summed E-state index contributed by atoms with van der Waals surface area (Å²) >= 11 is 5.97. The van der Waals surface area contributed by atoms with Crippen molar-refractivity contribution in [2.75, 3.05) is 32.6 Å². The van der Waals surface area contributed by atoms with Gasteiger partial charge in [-0.3, -0.25) is 9.59 Å². The fourth-order valence-electron chi connectivity index (χ4n) is 3.30. The number of methoxy groups -OCH3 is 1. The number of anilines is 1. The van der Waals surface area contributed by atoms with Gasteiger partial charge in [-0.15, -0.1) is 0 Å². The van der Waals surface area contributed by atoms with Crippen LogP contribution >= 0.6 is 11.6 Å². The van der Waals surface area contributed by atoms with E-state index in [1.807, 2.05) is 0 Å². The normalized spacial score (nSPS) is 15.5. The Labute approximate surface area is 166 Å². The molecular weight excluding hydrogens is 366 g/mol. The molecule has 150 valence electrons. The summed E-state index contributed by atoms with van der Waals surface area (Å²) in [5.74, 6) is 0.135. The van der Waals surface area contributed by atoms with Crippen LogP contribution in [0.3, 0.4) is 0 Å². The topological polar surface area (TPSA) is 70.7 Å². The van der Waals surface area contributed by atoms with Gasteiger partial charge in [-0.2, -0.15) is 0 Å². The second-order valence-electron chi connectivity index (χ2n) is 7.07. The molecule has 1 aliphatic carbocycles. The maximum Gasteiger partial charge on any atom is 0.244 e. The number of nitrogens with one attached hydrogen (secondary N) is 2. The lowest BCUT2D eigenvalue weighted by Crippen LogP contribution is -2.43. The minimum Gasteiger partial charge on any atom is -0.495 e. The highest BCUT2D eigenvalue weighted by atomic mass is 35.5. The monoisotopic (exact) mass is 395 g/mol. The van der Waals surface area contributed by atoms with E-state index in [0.29, 0.717) is 22.5 Å². The van der Waals surface area contributed by atoms with Crippen molar-refractivity contribution in [1.82, 2.24) is 10.2 Å². The highest BCUT2D eigenvalue weighted by molar-refractivity contribution is 6.31. The zero-order valence-electron chi connectivity index (χ0n) is 16.2. The number of halogens is 1. The molecule has 1 aromatic carbocycles. The van der Waals surface area contributed by atoms with Crippen molar-refractivity contribution < 1.29 is 14.3 Å². The van der Waals surface area contributed by atoms with Crippen LogP contribution in [0.1, 0.15) is 44.9 Å². The Bertz CT molecular complexity index is 631. The van der Waals surface area contributed by atoms with E-state index in [1.54, 1.807) is 25.2 Å². The van der Waals surface area contributed by atoms with E-state index in [2.05, 4.69) is 10.6 Å². The molecule has 2 amide bonds. The lowest BCUT2D eigenvalue weighted by Gasteiger charge is -2.23. The summed E-state index contributed by atoms with van der Waals surface area (Å²) in [6.45, 7) is 0.232. The average molecular weight is 396 g/mol. The molecule has 0 heterocycles. The fraction of sp³-hybridized carbons (Fsp3) is 0.600. The highest BCUT2D eigenvalue weighted by Gasteiger charge is 2.17. The van der Waals surface area contributed by atoms with Gasteiger partial charge in [0.15, 0.2) is 0 Å². The Balaban J connectivity index is 1.79. The van der Waals surface area contributed by atoms with Gasteiger partial charge in [-0.25, -0.2) is 0 Å². The number of amides is 2. The van der Waals surface area contributed by atoms with Gasteiger partial charge in [0, 0.05) is 18.1 Å². The van der Waals surface area contributed by atoms with Crippen molar-refractivity contribution >= 4 is 29.1 Å². The summed E-state index contributed by atoms with van der Waals surface area (Å²) in [4.78, 5) is 26.0. The molecule has 1 aliphatic rings. The van der Waals surface area contributed by atoms with E-state index < -0.39 is 0 Å². The molecular formula is C20H30ClN3O3. The Hall–Kier alpha value is -1.79. The zero-order valence-corrected chi connectivity index (χ0v) is 17.0. The summed E-state index contributed by atoms with van der Waals surface area (Å²) in [5, 5.41) is 6.60. The Morgan fingerprint density at radius 1 is 1.19 bits per heavy atom. The molecule has 0 radical (unpaired) electrons. The van der Waals surface area contributed by atoms with Gasteiger partial charge in [0.25, 0.3) is 0 Å². The van der Waals surface area contributed by atoms with E-state index in [-0.39, 0.29) is 24.9 Å². The number of hydrogen-bond donors (Lipinski definition) is 2. The first kappa shape index (κ1) is 21.5. The summed E-state index contributed by atoms with van der Waals surface area (Å²) in [6.07, 6.45) is 8.54. The number of carbonyl (C=O) groups is 2.